The molecule has 0 bridgehead atoms. The summed E-state index contributed by atoms with van der Waals surface area (Å²) >= 11 is 0. The fraction of sp³-hybridized carbons (Fsp3) is 0.296. The van der Waals surface area contributed by atoms with Gasteiger partial charge in [0.15, 0.2) is 6.61 Å². The van der Waals surface area contributed by atoms with Crippen LogP contribution in [0.2, 0.25) is 0 Å². The molecule has 0 N–H and O–H groups in total. The van der Waals surface area contributed by atoms with Crippen LogP contribution in [0.3, 0.4) is 0 Å². The van der Waals surface area contributed by atoms with Crippen LogP contribution < -0.4 is 13.9 Å². The molecule has 0 aromatic heterocycles. The molecule has 4 rings (SSSR count). The third kappa shape index (κ3) is 7.20. The van der Waals surface area contributed by atoms with Gasteiger partial charge < -0.3 is 14.5 Å². The number of ether oxygens (including phenoxy) is 1. The molecule has 0 saturated carbocycles. The van der Waals surface area contributed by atoms with Crippen molar-refractivity contribution in [2.75, 3.05) is 48.2 Å². The Labute approximate surface area is 224 Å². The molecular formula is C27H27F4N3O4S. The second-order valence-electron chi connectivity index (χ2n) is 9.06. The quantitative estimate of drug-likeness (QED) is 0.376. The van der Waals surface area contributed by atoms with Gasteiger partial charge in [0.25, 0.3) is 5.91 Å². The van der Waals surface area contributed by atoms with Crippen molar-refractivity contribution >= 4 is 27.3 Å². The molecule has 3 aromatic carbocycles. The van der Waals surface area contributed by atoms with Crippen molar-refractivity contribution in [3.05, 3.63) is 89.7 Å². The number of halogens is 4. The third-order valence-corrected chi connectivity index (χ3v) is 7.47. The summed E-state index contributed by atoms with van der Waals surface area (Å²) in [5, 5.41) is 0. The van der Waals surface area contributed by atoms with E-state index in [1.54, 1.807) is 21.9 Å². The highest BCUT2D eigenvalue weighted by Crippen LogP contribution is 2.32. The zero-order valence-electron chi connectivity index (χ0n) is 21.1. The lowest BCUT2D eigenvalue weighted by Gasteiger charge is -2.36. The van der Waals surface area contributed by atoms with Crippen LogP contribution in [0.4, 0.5) is 28.9 Å². The highest BCUT2D eigenvalue weighted by Gasteiger charge is 2.31. The lowest BCUT2D eigenvalue weighted by Crippen LogP contribution is -2.50. The lowest BCUT2D eigenvalue weighted by atomic mass is 10.1. The first-order valence-electron chi connectivity index (χ1n) is 12.1. The SMILES string of the molecule is CS(=O)(=O)N(Cc1ccccc1F)c1ccc(OCC(=O)N2CCN(c3cccc(C(F)(F)F)c3)CC2)cc1. The summed E-state index contributed by atoms with van der Waals surface area (Å²) in [5.41, 5.74) is 0.267. The molecule has 0 unspecified atom stereocenters. The Hall–Kier alpha value is -3.80. The van der Waals surface area contributed by atoms with E-state index in [-0.39, 0.29) is 24.6 Å². The van der Waals surface area contributed by atoms with Gasteiger partial charge in [-0.2, -0.15) is 13.2 Å². The van der Waals surface area contributed by atoms with E-state index in [1.807, 2.05) is 0 Å². The van der Waals surface area contributed by atoms with Crippen LogP contribution in [0.15, 0.2) is 72.8 Å². The predicted molar refractivity (Wildman–Crippen MR) is 140 cm³/mol. The van der Waals surface area contributed by atoms with Gasteiger partial charge in [-0.1, -0.05) is 24.3 Å². The average Bonchev–Trinajstić information content (AvgIpc) is 2.91. The number of rotatable bonds is 8. The molecule has 0 atom stereocenters. The normalized spacial score (nSPS) is 14.3. The number of carbonyl (C=O) groups is 1. The van der Waals surface area contributed by atoms with Crippen LogP contribution >= 0.6 is 0 Å². The van der Waals surface area contributed by atoms with Crippen molar-refractivity contribution in [3.8, 4) is 5.75 Å². The molecule has 0 radical (unpaired) electrons. The number of amides is 1. The van der Waals surface area contributed by atoms with Gasteiger partial charge in [0, 0.05) is 37.4 Å². The first kappa shape index (κ1) is 28.2. The molecule has 12 heteroatoms. The number of alkyl halides is 3. The van der Waals surface area contributed by atoms with Gasteiger partial charge in [0.05, 0.1) is 24.1 Å². The number of anilines is 2. The van der Waals surface area contributed by atoms with E-state index in [0.29, 0.717) is 43.3 Å². The second kappa shape index (κ2) is 11.5. The number of nitrogens with zero attached hydrogens (tertiary/aromatic N) is 3. The minimum Gasteiger partial charge on any atom is -0.484 e. The molecule has 1 heterocycles. The van der Waals surface area contributed by atoms with Crippen molar-refractivity contribution in [1.82, 2.24) is 4.90 Å². The highest BCUT2D eigenvalue weighted by molar-refractivity contribution is 7.92. The molecule has 7 nitrogen and oxygen atoms in total. The van der Waals surface area contributed by atoms with Gasteiger partial charge in [-0.3, -0.25) is 9.10 Å². The fourth-order valence-corrected chi connectivity index (χ4v) is 5.10. The standard InChI is InChI=1S/C27H27F4N3O4S/c1-39(36,37)34(18-20-5-2-3-8-25(20)28)22-9-11-24(12-10-22)38-19-26(35)33-15-13-32(14-16-33)23-7-4-6-21(17-23)27(29,30)31/h2-12,17H,13-16,18-19H2,1H3. The zero-order chi connectivity index (χ0) is 28.2. The first-order chi connectivity index (χ1) is 18.4. The summed E-state index contributed by atoms with van der Waals surface area (Å²) in [7, 11) is -3.72. The molecule has 0 spiro atoms. The second-order valence-corrected chi connectivity index (χ2v) is 11.0. The summed E-state index contributed by atoms with van der Waals surface area (Å²) in [5.74, 6) is -0.450. The van der Waals surface area contributed by atoms with Gasteiger partial charge in [0.2, 0.25) is 10.0 Å². The monoisotopic (exact) mass is 565 g/mol. The maximum Gasteiger partial charge on any atom is 0.416 e. The lowest BCUT2D eigenvalue weighted by molar-refractivity contribution is -0.137. The maximum atomic E-state index is 14.1. The summed E-state index contributed by atoms with van der Waals surface area (Å²) < 4.78 is 84.5. The summed E-state index contributed by atoms with van der Waals surface area (Å²) in [4.78, 5) is 16.0. The third-order valence-electron chi connectivity index (χ3n) is 6.33. The van der Waals surface area contributed by atoms with E-state index in [9.17, 15) is 30.8 Å². The molecule has 1 fully saturated rings. The summed E-state index contributed by atoms with van der Waals surface area (Å²) in [6, 6.07) is 17.1. The summed E-state index contributed by atoms with van der Waals surface area (Å²) in [6.45, 7) is 0.980. The first-order valence-corrected chi connectivity index (χ1v) is 13.9. The van der Waals surface area contributed by atoms with Crippen molar-refractivity contribution in [1.29, 1.82) is 0 Å². The van der Waals surface area contributed by atoms with Gasteiger partial charge in [-0.05, 0) is 48.5 Å². The zero-order valence-corrected chi connectivity index (χ0v) is 21.9. The van der Waals surface area contributed by atoms with Crippen molar-refractivity contribution in [2.45, 2.75) is 12.7 Å². The Bertz CT molecular complexity index is 1410. The Balaban J connectivity index is 1.32. The average molecular weight is 566 g/mol. The summed E-state index contributed by atoms with van der Waals surface area (Å²) in [6.07, 6.45) is -3.39. The molecule has 0 aliphatic carbocycles. The number of sulfonamides is 1. The van der Waals surface area contributed by atoms with Crippen LogP contribution in [0, 0.1) is 5.82 Å². The minimum absolute atomic E-state index is 0.184. The van der Waals surface area contributed by atoms with Crippen LogP contribution in [0.5, 0.6) is 5.75 Å². The predicted octanol–water partition coefficient (Wildman–Crippen LogP) is 4.54. The molecule has 1 amide bonds. The van der Waals surface area contributed by atoms with E-state index in [1.165, 1.54) is 48.5 Å². The number of hydrogen-bond acceptors (Lipinski definition) is 5. The molecule has 39 heavy (non-hydrogen) atoms. The van der Waals surface area contributed by atoms with Gasteiger partial charge in [0.1, 0.15) is 11.6 Å². The number of carbonyl (C=O) groups excluding carboxylic acids is 1. The Morgan fingerprint density at radius 3 is 2.23 bits per heavy atom. The van der Waals surface area contributed by atoms with E-state index in [4.69, 9.17) is 4.74 Å². The van der Waals surface area contributed by atoms with Gasteiger partial charge in [-0.15, -0.1) is 0 Å². The number of hydrogen-bond donors (Lipinski definition) is 0. The van der Waals surface area contributed by atoms with Crippen LogP contribution in [0.1, 0.15) is 11.1 Å². The van der Waals surface area contributed by atoms with Crippen LogP contribution in [0.25, 0.3) is 0 Å². The maximum absolute atomic E-state index is 14.1. The largest absolute Gasteiger partial charge is 0.484 e. The van der Waals surface area contributed by atoms with E-state index in [0.717, 1.165) is 22.7 Å². The van der Waals surface area contributed by atoms with Crippen molar-refractivity contribution < 1.29 is 35.5 Å². The van der Waals surface area contributed by atoms with E-state index in [2.05, 4.69) is 0 Å². The topological polar surface area (TPSA) is 70.2 Å². The van der Waals surface area contributed by atoms with Crippen LogP contribution in [-0.4, -0.2) is 58.3 Å². The molecule has 1 aliphatic rings. The molecule has 208 valence electrons. The van der Waals surface area contributed by atoms with E-state index < -0.39 is 27.6 Å². The molecular weight excluding hydrogens is 538 g/mol. The Morgan fingerprint density at radius 2 is 1.62 bits per heavy atom. The van der Waals surface area contributed by atoms with Gasteiger partial charge in [-0.25, -0.2) is 12.8 Å². The smallest absolute Gasteiger partial charge is 0.416 e. The Kier molecular flexibility index (Phi) is 8.34. The highest BCUT2D eigenvalue weighted by atomic mass is 32.2. The molecule has 1 aliphatic heterocycles. The fourth-order valence-electron chi connectivity index (χ4n) is 4.22. The van der Waals surface area contributed by atoms with E-state index >= 15 is 0 Å². The van der Waals surface area contributed by atoms with Crippen LogP contribution in [-0.2, 0) is 27.5 Å². The van der Waals surface area contributed by atoms with Gasteiger partial charge >= 0.3 is 6.18 Å². The van der Waals surface area contributed by atoms with Crippen molar-refractivity contribution in [3.63, 3.8) is 0 Å². The number of piperazine rings is 1. The number of benzene rings is 3. The van der Waals surface area contributed by atoms with Crippen molar-refractivity contribution in [2.24, 2.45) is 0 Å². The Morgan fingerprint density at radius 1 is 0.949 bits per heavy atom. The molecule has 3 aromatic rings. The molecule has 1 saturated heterocycles. The minimum atomic E-state index is -4.42.